The maximum Gasteiger partial charge on any atom is 0.150 e. The Kier molecular flexibility index (Phi) is 7.33. The van der Waals surface area contributed by atoms with E-state index in [4.69, 9.17) is 5.73 Å². The minimum absolute atomic E-state index is 0.149. The van der Waals surface area contributed by atoms with E-state index in [0.717, 1.165) is 19.3 Å². The highest BCUT2D eigenvalue weighted by Gasteiger charge is 2.10. The van der Waals surface area contributed by atoms with Crippen molar-refractivity contribution in [1.29, 1.82) is 0 Å². The van der Waals surface area contributed by atoms with Gasteiger partial charge in [-0.25, -0.2) is 0 Å². The molecule has 0 aromatic rings. The van der Waals surface area contributed by atoms with Crippen molar-refractivity contribution >= 4 is 5.78 Å². The molecule has 1 atom stereocenters. The second-order valence-corrected chi connectivity index (χ2v) is 3.14. The molecule has 0 saturated carbocycles. The third kappa shape index (κ3) is 6.36. The molecule has 2 nitrogen and oxygen atoms in total. The molecular formula is C11H19NO. The van der Waals surface area contributed by atoms with Crippen molar-refractivity contribution in [1.82, 2.24) is 0 Å². The van der Waals surface area contributed by atoms with Crippen LogP contribution in [0, 0.1) is 11.8 Å². The highest BCUT2D eigenvalue weighted by atomic mass is 16.1. The zero-order valence-corrected chi connectivity index (χ0v) is 8.60. The summed E-state index contributed by atoms with van der Waals surface area (Å²) in [7, 11) is 0. The molecule has 0 aliphatic rings. The van der Waals surface area contributed by atoms with Crippen LogP contribution in [0.3, 0.4) is 0 Å². The van der Waals surface area contributed by atoms with Gasteiger partial charge in [0.25, 0.3) is 0 Å². The van der Waals surface area contributed by atoms with E-state index in [-0.39, 0.29) is 11.8 Å². The van der Waals surface area contributed by atoms with Gasteiger partial charge in [0.05, 0.1) is 6.04 Å². The number of carbonyl (C=O) groups excluding carboxylic acids is 1. The maximum atomic E-state index is 11.3. The van der Waals surface area contributed by atoms with Crippen LogP contribution in [0.1, 0.15) is 46.0 Å². The summed E-state index contributed by atoms with van der Waals surface area (Å²) in [6, 6.07) is -0.265. The molecule has 0 aliphatic carbocycles. The lowest BCUT2D eigenvalue weighted by Gasteiger charge is -2.07. The minimum atomic E-state index is -0.265. The topological polar surface area (TPSA) is 43.1 Å². The fourth-order valence-electron chi connectivity index (χ4n) is 1.08. The molecule has 74 valence electrons. The van der Waals surface area contributed by atoms with E-state index in [1.165, 1.54) is 0 Å². The molecule has 0 aromatic heterocycles. The van der Waals surface area contributed by atoms with E-state index >= 15 is 0 Å². The smallest absolute Gasteiger partial charge is 0.150 e. The summed E-state index contributed by atoms with van der Waals surface area (Å²) in [6.45, 7) is 3.88. The molecular weight excluding hydrogens is 162 g/mol. The van der Waals surface area contributed by atoms with Crippen molar-refractivity contribution in [3.05, 3.63) is 0 Å². The number of Topliss-reactive ketones (excluding diaryl/α,β-unsaturated/α-hetero) is 1. The van der Waals surface area contributed by atoms with Crippen LogP contribution >= 0.6 is 0 Å². The first-order valence-corrected chi connectivity index (χ1v) is 4.90. The highest BCUT2D eigenvalue weighted by molar-refractivity contribution is 5.83. The number of rotatable bonds is 6. The lowest BCUT2D eigenvalue weighted by atomic mass is 10.0. The maximum absolute atomic E-state index is 11.3. The van der Waals surface area contributed by atoms with E-state index in [0.29, 0.717) is 12.8 Å². The number of hydrogen-bond donors (Lipinski definition) is 1. The molecule has 0 rings (SSSR count). The van der Waals surface area contributed by atoms with Gasteiger partial charge >= 0.3 is 0 Å². The Hall–Kier alpha value is -0.810. The first-order chi connectivity index (χ1) is 6.22. The molecule has 13 heavy (non-hydrogen) atoms. The van der Waals surface area contributed by atoms with E-state index in [1.807, 2.05) is 0 Å². The molecule has 2 N–H and O–H groups in total. The summed E-state index contributed by atoms with van der Waals surface area (Å²) < 4.78 is 0. The van der Waals surface area contributed by atoms with Crippen LogP contribution < -0.4 is 5.73 Å². The fraction of sp³-hybridized carbons (Fsp3) is 0.727. The molecule has 1 unspecified atom stereocenters. The molecule has 0 aliphatic heterocycles. The van der Waals surface area contributed by atoms with Crippen molar-refractivity contribution in [2.75, 3.05) is 0 Å². The zero-order valence-electron chi connectivity index (χ0n) is 8.60. The molecule has 0 fully saturated rings. The molecule has 0 amide bonds. The van der Waals surface area contributed by atoms with Crippen LogP contribution in [0.15, 0.2) is 0 Å². The Morgan fingerprint density at radius 2 is 2.23 bits per heavy atom. The Morgan fingerprint density at radius 3 is 2.77 bits per heavy atom. The van der Waals surface area contributed by atoms with E-state index in [9.17, 15) is 4.79 Å². The summed E-state index contributed by atoms with van der Waals surface area (Å²) in [5.74, 6) is 5.78. The summed E-state index contributed by atoms with van der Waals surface area (Å²) >= 11 is 0. The molecule has 2 heteroatoms. The minimum Gasteiger partial charge on any atom is -0.322 e. The van der Waals surface area contributed by atoms with Crippen molar-refractivity contribution < 1.29 is 4.79 Å². The SMILES string of the molecule is CC#CCCC(=O)C(N)CCCC. The highest BCUT2D eigenvalue weighted by Crippen LogP contribution is 2.02. The average Bonchev–Trinajstić information content (AvgIpc) is 2.14. The molecule has 0 spiro atoms. The van der Waals surface area contributed by atoms with Crippen LogP contribution in [0.4, 0.5) is 0 Å². The predicted octanol–water partition coefficient (Wildman–Crippen LogP) is 1.88. The number of carbonyl (C=O) groups is 1. The van der Waals surface area contributed by atoms with Crippen molar-refractivity contribution in [3.8, 4) is 11.8 Å². The third-order valence-electron chi connectivity index (χ3n) is 1.96. The van der Waals surface area contributed by atoms with Gasteiger partial charge in [0.2, 0.25) is 0 Å². The Balaban J connectivity index is 3.60. The van der Waals surface area contributed by atoms with Crippen molar-refractivity contribution in [2.45, 2.75) is 52.0 Å². The normalized spacial score (nSPS) is 11.6. The van der Waals surface area contributed by atoms with Gasteiger partial charge in [-0.15, -0.1) is 11.8 Å². The van der Waals surface area contributed by atoms with Gasteiger partial charge in [-0.05, 0) is 13.3 Å². The Morgan fingerprint density at radius 1 is 1.54 bits per heavy atom. The predicted molar refractivity (Wildman–Crippen MR) is 55.2 cm³/mol. The largest absolute Gasteiger partial charge is 0.322 e. The number of hydrogen-bond acceptors (Lipinski definition) is 2. The fourth-order valence-corrected chi connectivity index (χ4v) is 1.08. The van der Waals surface area contributed by atoms with Gasteiger partial charge in [0, 0.05) is 12.8 Å². The Bertz CT molecular complexity index is 200. The number of ketones is 1. The molecule has 0 bridgehead atoms. The first-order valence-electron chi connectivity index (χ1n) is 4.90. The second kappa shape index (κ2) is 7.82. The van der Waals surface area contributed by atoms with Gasteiger partial charge in [-0.1, -0.05) is 19.8 Å². The summed E-state index contributed by atoms with van der Waals surface area (Å²) in [6.07, 6.45) is 4.10. The summed E-state index contributed by atoms with van der Waals surface area (Å²) in [5.41, 5.74) is 5.69. The summed E-state index contributed by atoms with van der Waals surface area (Å²) in [4.78, 5) is 11.3. The monoisotopic (exact) mass is 181 g/mol. The van der Waals surface area contributed by atoms with Crippen LogP contribution in [-0.4, -0.2) is 11.8 Å². The van der Waals surface area contributed by atoms with Gasteiger partial charge < -0.3 is 5.73 Å². The van der Waals surface area contributed by atoms with Gasteiger partial charge in [-0.3, -0.25) is 4.79 Å². The first kappa shape index (κ1) is 12.2. The van der Waals surface area contributed by atoms with E-state index < -0.39 is 0 Å². The van der Waals surface area contributed by atoms with Crippen LogP contribution in [0.25, 0.3) is 0 Å². The number of nitrogens with two attached hydrogens (primary N) is 1. The average molecular weight is 181 g/mol. The quantitative estimate of drug-likeness (QED) is 0.636. The Labute approximate surface area is 80.9 Å². The van der Waals surface area contributed by atoms with Gasteiger partial charge in [0.1, 0.15) is 5.78 Å². The lowest BCUT2D eigenvalue weighted by Crippen LogP contribution is -2.30. The van der Waals surface area contributed by atoms with Gasteiger partial charge in [-0.2, -0.15) is 0 Å². The van der Waals surface area contributed by atoms with Crippen LogP contribution in [-0.2, 0) is 4.79 Å². The molecule has 0 heterocycles. The van der Waals surface area contributed by atoms with E-state index in [2.05, 4.69) is 18.8 Å². The van der Waals surface area contributed by atoms with Gasteiger partial charge in [0.15, 0.2) is 0 Å². The summed E-state index contributed by atoms with van der Waals surface area (Å²) in [5, 5.41) is 0. The van der Waals surface area contributed by atoms with Crippen LogP contribution in [0.2, 0.25) is 0 Å². The van der Waals surface area contributed by atoms with Crippen molar-refractivity contribution in [3.63, 3.8) is 0 Å². The third-order valence-corrected chi connectivity index (χ3v) is 1.96. The standard InChI is InChI=1S/C11H19NO/c1-3-5-7-9-11(13)10(12)8-6-4-2/h10H,4,6-9,12H2,1-2H3. The second-order valence-electron chi connectivity index (χ2n) is 3.14. The number of unbranched alkanes of at least 4 members (excludes halogenated alkanes) is 1. The lowest BCUT2D eigenvalue weighted by molar-refractivity contribution is -0.120. The van der Waals surface area contributed by atoms with Crippen LogP contribution in [0.5, 0.6) is 0 Å². The molecule has 0 saturated heterocycles. The van der Waals surface area contributed by atoms with E-state index in [1.54, 1.807) is 6.92 Å². The zero-order chi connectivity index (χ0) is 10.1. The molecule has 0 aromatic carbocycles. The van der Waals surface area contributed by atoms with Crippen molar-refractivity contribution in [2.24, 2.45) is 5.73 Å². The molecule has 0 radical (unpaired) electrons.